The quantitative estimate of drug-likeness (QED) is 0.683. The normalized spacial score (nSPS) is 19.7. The van der Waals surface area contributed by atoms with Crippen molar-refractivity contribution in [2.45, 2.75) is 68.9 Å². The number of esters is 1. The van der Waals surface area contributed by atoms with Crippen molar-refractivity contribution in [3.05, 3.63) is 28.8 Å². The number of amides is 1. The summed E-state index contributed by atoms with van der Waals surface area (Å²) in [5.41, 5.74) is 0.0468. The minimum Gasteiger partial charge on any atom is -0.449 e. The first-order chi connectivity index (χ1) is 13.8. The van der Waals surface area contributed by atoms with Crippen molar-refractivity contribution >= 4 is 33.5 Å². The number of nitrogens with zero attached hydrogens (tertiary/aromatic N) is 1. The first kappa shape index (κ1) is 22.1. The summed E-state index contributed by atoms with van der Waals surface area (Å²) in [6.45, 7) is 2.38. The molecule has 0 spiro atoms. The van der Waals surface area contributed by atoms with E-state index in [9.17, 15) is 18.0 Å². The first-order valence-electron chi connectivity index (χ1n) is 10.1. The molecular formula is C20H27ClN2O5S. The molecular weight excluding hydrogens is 416 g/mol. The SMILES string of the molecule is C[C@@H](OC(=O)c1ccc(Cl)c(S(=O)(=O)N2CCCCC2)c1)C(=O)NC1CCCC1. The van der Waals surface area contributed by atoms with Crippen molar-refractivity contribution < 1.29 is 22.7 Å². The van der Waals surface area contributed by atoms with Crippen molar-refractivity contribution in [3.8, 4) is 0 Å². The number of hydrogen-bond acceptors (Lipinski definition) is 5. The van der Waals surface area contributed by atoms with E-state index in [1.54, 1.807) is 0 Å². The predicted molar refractivity (Wildman–Crippen MR) is 109 cm³/mol. The van der Waals surface area contributed by atoms with Gasteiger partial charge in [-0.1, -0.05) is 30.9 Å². The minimum absolute atomic E-state index is 0.0468. The van der Waals surface area contributed by atoms with Crippen molar-refractivity contribution in [2.75, 3.05) is 13.1 Å². The molecule has 160 valence electrons. The molecule has 1 aromatic carbocycles. The number of piperidine rings is 1. The molecule has 1 aliphatic heterocycles. The second kappa shape index (κ2) is 9.45. The van der Waals surface area contributed by atoms with E-state index in [0.717, 1.165) is 44.9 Å². The zero-order valence-corrected chi connectivity index (χ0v) is 18.1. The third-order valence-electron chi connectivity index (χ3n) is 5.45. The van der Waals surface area contributed by atoms with Crippen LogP contribution >= 0.6 is 11.6 Å². The molecule has 1 amide bonds. The maximum absolute atomic E-state index is 12.9. The monoisotopic (exact) mass is 442 g/mol. The molecule has 1 heterocycles. The van der Waals surface area contributed by atoms with Gasteiger partial charge in [0.1, 0.15) is 4.90 Å². The lowest BCUT2D eigenvalue weighted by molar-refractivity contribution is -0.129. The summed E-state index contributed by atoms with van der Waals surface area (Å²) in [5, 5.41) is 2.94. The third kappa shape index (κ3) is 5.29. The highest BCUT2D eigenvalue weighted by Crippen LogP contribution is 2.28. The summed E-state index contributed by atoms with van der Waals surface area (Å²) in [6.07, 6.45) is 5.64. The van der Waals surface area contributed by atoms with Crippen LogP contribution in [0.4, 0.5) is 0 Å². The van der Waals surface area contributed by atoms with Crippen LogP contribution in [0.25, 0.3) is 0 Å². The van der Waals surface area contributed by atoms with E-state index in [2.05, 4.69) is 5.32 Å². The third-order valence-corrected chi connectivity index (χ3v) is 7.83. The van der Waals surface area contributed by atoms with Crippen LogP contribution in [-0.2, 0) is 19.6 Å². The molecule has 1 saturated carbocycles. The van der Waals surface area contributed by atoms with Gasteiger partial charge >= 0.3 is 5.97 Å². The van der Waals surface area contributed by atoms with Crippen LogP contribution in [0.1, 0.15) is 62.2 Å². The Morgan fingerprint density at radius 2 is 1.79 bits per heavy atom. The smallest absolute Gasteiger partial charge is 0.338 e. The fourth-order valence-corrected chi connectivity index (χ4v) is 5.76. The van der Waals surface area contributed by atoms with Crippen molar-refractivity contribution in [1.29, 1.82) is 0 Å². The number of benzene rings is 1. The molecule has 7 nitrogen and oxygen atoms in total. The van der Waals surface area contributed by atoms with Crippen molar-refractivity contribution in [1.82, 2.24) is 9.62 Å². The standard InChI is InChI=1S/C20H27ClN2O5S/c1-14(19(24)22-16-7-3-4-8-16)28-20(25)15-9-10-17(21)18(13-15)29(26,27)23-11-5-2-6-12-23/h9-10,13-14,16H,2-8,11-12H2,1H3,(H,22,24)/t14-/m1/s1. The van der Waals surface area contributed by atoms with Gasteiger partial charge in [-0.2, -0.15) is 4.31 Å². The van der Waals surface area contributed by atoms with Gasteiger partial charge in [0.05, 0.1) is 10.6 Å². The Kier molecular flexibility index (Phi) is 7.19. The molecule has 1 atom stereocenters. The average molecular weight is 443 g/mol. The van der Waals surface area contributed by atoms with Crippen LogP contribution in [0.2, 0.25) is 5.02 Å². The van der Waals surface area contributed by atoms with E-state index in [-0.39, 0.29) is 27.4 Å². The van der Waals surface area contributed by atoms with E-state index >= 15 is 0 Å². The second-order valence-electron chi connectivity index (χ2n) is 7.65. The van der Waals surface area contributed by atoms with Crippen LogP contribution in [0.3, 0.4) is 0 Å². The minimum atomic E-state index is -3.79. The topological polar surface area (TPSA) is 92.8 Å². The lowest BCUT2D eigenvalue weighted by Crippen LogP contribution is -2.40. The molecule has 0 bridgehead atoms. The zero-order chi connectivity index (χ0) is 21.0. The van der Waals surface area contributed by atoms with E-state index in [1.807, 2.05) is 0 Å². The van der Waals surface area contributed by atoms with Crippen LogP contribution < -0.4 is 5.32 Å². The van der Waals surface area contributed by atoms with Crippen LogP contribution in [0, 0.1) is 0 Å². The molecule has 2 fully saturated rings. The number of hydrogen-bond donors (Lipinski definition) is 1. The predicted octanol–water partition coefficient (Wildman–Crippen LogP) is 3.12. The summed E-state index contributed by atoms with van der Waals surface area (Å²) < 4.78 is 32.5. The van der Waals surface area contributed by atoms with E-state index in [0.29, 0.717) is 13.1 Å². The van der Waals surface area contributed by atoms with Gasteiger partial charge in [0, 0.05) is 19.1 Å². The van der Waals surface area contributed by atoms with Gasteiger partial charge in [0.2, 0.25) is 10.0 Å². The van der Waals surface area contributed by atoms with E-state index in [4.69, 9.17) is 16.3 Å². The summed E-state index contributed by atoms with van der Waals surface area (Å²) in [4.78, 5) is 24.6. The number of halogens is 1. The molecule has 1 aliphatic carbocycles. The largest absolute Gasteiger partial charge is 0.449 e. The lowest BCUT2D eigenvalue weighted by Gasteiger charge is -2.26. The molecule has 1 saturated heterocycles. The fourth-order valence-electron chi connectivity index (χ4n) is 3.74. The van der Waals surface area contributed by atoms with Gasteiger partial charge in [-0.3, -0.25) is 4.79 Å². The first-order valence-corrected chi connectivity index (χ1v) is 11.9. The molecule has 0 unspecified atom stereocenters. The van der Waals surface area contributed by atoms with Gasteiger partial charge in [-0.05, 0) is 50.8 Å². The number of rotatable bonds is 6. The van der Waals surface area contributed by atoms with Gasteiger partial charge in [-0.25, -0.2) is 13.2 Å². The average Bonchev–Trinajstić information content (AvgIpc) is 3.21. The Morgan fingerprint density at radius 3 is 2.45 bits per heavy atom. The molecule has 3 rings (SSSR count). The van der Waals surface area contributed by atoms with Crippen LogP contribution in [0.15, 0.2) is 23.1 Å². The van der Waals surface area contributed by atoms with Crippen molar-refractivity contribution in [2.24, 2.45) is 0 Å². The van der Waals surface area contributed by atoms with Gasteiger partial charge < -0.3 is 10.1 Å². The zero-order valence-electron chi connectivity index (χ0n) is 16.5. The Hall–Kier alpha value is -1.64. The van der Waals surface area contributed by atoms with E-state index in [1.165, 1.54) is 29.4 Å². The molecule has 29 heavy (non-hydrogen) atoms. The highest BCUT2D eigenvalue weighted by atomic mass is 35.5. The number of sulfonamides is 1. The number of carbonyl (C=O) groups is 2. The van der Waals surface area contributed by atoms with Gasteiger partial charge in [-0.15, -0.1) is 0 Å². The molecule has 0 aromatic heterocycles. The highest BCUT2D eigenvalue weighted by Gasteiger charge is 2.30. The molecule has 1 aromatic rings. The van der Waals surface area contributed by atoms with Crippen molar-refractivity contribution in [3.63, 3.8) is 0 Å². The second-order valence-corrected chi connectivity index (χ2v) is 9.96. The maximum Gasteiger partial charge on any atom is 0.338 e. The summed E-state index contributed by atoms with van der Waals surface area (Å²) in [5.74, 6) is -1.11. The highest BCUT2D eigenvalue weighted by molar-refractivity contribution is 7.89. The van der Waals surface area contributed by atoms with Gasteiger partial charge in [0.25, 0.3) is 5.91 Å². The Balaban J connectivity index is 1.71. The molecule has 9 heteroatoms. The number of nitrogens with one attached hydrogen (secondary N) is 1. The Morgan fingerprint density at radius 1 is 1.14 bits per heavy atom. The van der Waals surface area contributed by atoms with Gasteiger partial charge in [0.15, 0.2) is 6.10 Å². The maximum atomic E-state index is 12.9. The van der Waals surface area contributed by atoms with E-state index < -0.39 is 22.1 Å². The lowest BCUT2D eigenvalue weighted by atomic mass is 10.2. The van der Waals surface area contributed by atoms with Crippen LogP contribution in [-0.4, -0.2) is 49.8 Å². The Bertz CT molecular complexity index is 862. The Labute approximate surface area is 176 Å². The summed E-state index contributed by atoms with van der Waals surface area (Å²) >= 11 is 6.13. The number of ether oxygens (including phenoxy) is 1. The fraction of sp³-hybridized carbons (Fsp3) is 0.600. The summed E-state index contributed by atoms with van der Waals surface area (Å²) in [7, 11) is -3.79. The van der Waals surface area contributed by atoms with Crippen LogP contribution in [0.5, 0.6) is 0 Å². The molecule has 1 N–H and O–H groups in total. The summed E-state index contributed by atoms with van der Waals surface area (Å²) in [6, 6.07) is 4.14. The number of carbonyl (C=O) groups excluding carboxylic acids is 2. The molecule has 0 radical (unpaired) electrons. The molecule has 2 aliphatic rings.